The van der Waals surface area contributed by atoms with Crippen LogP contribution in [-0.4, -0.2) is 60.5 Å². The van der Waals surface area contributed by atoms with E-state index in [0.29, 0.717) is 32.4 Å². The van der Waals surface area contributed by atoms with Crippen LogP contribution >= 0.6 is 0 Å². The number of aliphatic carboxylic acids is 1. The third-order valence-corrected chi connectivity index (χ3v) is 3.77. The molecule has 0 aliphatic carbocycles. The second-order valence-corrected chi connectivity index (χ2v) is 4.85. The van der Waals surface area contributed by atoms with Gasteiger partial charge in [-0.15, -0.1) is 0 Å². The van der Waals surface area contributed by atoms with Gasteiger partial charge in [-0.2, -0.15) is 0 Å². The van der Waals surface area contributed by atoms with E-state index in [1.165, 1.54) is 0 Å². The molecule has 1 rings (SSSR count). The van der Waals surface area contributed by atoms with Crippen molar-refractivity contribution in [2.45, 2.75) is 32.3 Å². The van der Waals surface area contributed by atoms with Gasteiger partial charge in [0.1, 0.15) is 0 Å². The third-order valence-electron chi connectivity index (χ3n) is 3.77. The highest BCUT2D eigenvalue weighted by Gasteiger charge is 2.39. The van der Waals surface area contributed by atoms with Crippen LogP contribution in [0.4, 0.5) is 0 Å². The smallest absolute Gasteiger partial charge is 0.309 e. The lowest BCUT2D eigenvalue weighted by molar-refractivity contribution is -0.152. The Hall–Kier alpha value is -0.650. The fraction of sp³-hybridized carbons (Fsp3) is 0.917. The van der Waals surface area contributed by atoms with Crippen LogP contribution in [0, 0.1) is 5.41 Å². The van der Waals surface area contributed by atoms with E-state index in [1.807, 2.05) is 6.92 Å². The lowest BCUT2D eigenvalue weighted by Gasteiger charge is -2.38. The van der Waals surface area contributed by atoms with Gasteiger partial charge in [0, 0.05) is 13.7 Å². The van der Waals surface area contributed by atoms with Crippen LogP contribution in [0.2, 0.25) is 0 Å². The van der Waals surface area contributed by atoms with Gasteiger partial charge in [0.15, 0.2) is 0 Å². The highest BCUT2D eigenvalue weighted by atomic mass is 16.5. The third kappa shape index (κ3) is 3.66. The van der Waals surface area contributed by atoms with Gasteiger partial charge in [-0.1, -0.05) is 6.92 Å². The van der Waals surface area contributed by atoms with Crippen molar-refractivity contribution in [3.63, 3.8) is 0 Å². The Labute approximate surface area is 102 Å². The predicted molar refractivity (Wildman–Crippen MR) is 63.9 cm³/mol. The first-order valence-corrected chi connectivity index (χ1v) is 6.17. The van der Waals surface area contributed by atoms with E-state index in [4.69, 9.17) is 4.74 Å². The summed E-state index contributed by atoms with van der Waals surface area (Å²) in [6.07, 6.45) is 1.52. The number of hydrogen-bond donors (Lipinski definition) is 2. The summed E-state index contributed by atoms with van der Waals surface area (Å²) in [5, 5.41) is 18.9. The van der Waals surface area contributed by atoms with Crippen LogP contribution < -0.4 is 0 Å². The molecule has 0 radical (unpaired) electrons. The van der Waals surface area contributed by atoms with Crippen molar-refractivity contribution >= 4 is 5.97 Å². The van der Waals surface area contributed by atoms with Gasteiger partial charge in [-0.05, 0) is 32.4 Å². The molecule has 1 aliphatic rings. The lowest BCUT2D eigenvalue weighted by atomic mass is 9.76. The number of methoxy groups -OCH3 is 1. The Morgan fingerprint density at radius 3 is 2.47 bits per heavy atom. The molecular formula is C12H23NO4. The summed E-state index contributed by atoms with van der Waals surface area (Å²) in [5.74, 6) is -0.683. The predicted octanol–water partition coefficient (Wildman–Crippen LogP) is 0.570. The zero-order chi connectivity index (χ0) is 12.9. The highest BCUT2D eigenvalue weighted by molar-refractivity contribution is 5.74. The highest BCUT2D eigenvalue weighted by Crippen LogP contribution is 2.35. The van der Waals surface area contributed by atoms with Gasteiger partial charge >= 0.3 is 5.97 Å². The maximum Gasteiger partial charge on any atom is 0.309 e. The normalized spacial score (nSPS) is 22.3. The Morgan fingerprint density at radius 1 is 1.47 bits per heavy atom. The number of β-amino-alcohol motifs (C(OH)–C–C–N with tert-alkyl or cyclic N) is 1. The summed E-state index contributed by atoms with van der Waals surface area (Å²) >= 11 is 0. The number of ether oxygens (including phenoxy) is 1. The van der Waals surface area contributed by atoms with Gasteiger partial charge in [0.2, 0.25) is 0 Å². The molecule has 0 amide bonds. The number of piperidine rings is 1. The van der Waals surface area contributed by atoms with Crippen molar-refractivity contribution in [2.75, 3.05) is 33.4 Å². The molecule has 0 bridgehead atoms. The molecule has 2 N–H and O–H groups in total. The Morgan fingerprint density at radius 2 is 2.06 bits per heavy atom. The maximum absolute atomic E-state index is 11.3. The SMILES string of the molecule is CCC1(C(=O)O)CCN(CC(O)COC)CC1. The largest absolute Gasteiger partial charge is 0.481 e. The first-order valence-electron chi connectivity index (χ1n) is 6.17. The number of rotatable bonds is 6. The summed E-state index contributed by atoms with van der Waals surface area (Å²) in [6.45, 7) is 4.30. The fourth-order valence-electron chi connectivity index (χ4n) is 2.43. The molecule has 17 heavy (non-hydrogen) atoms. The quantitative estimate of drug-likeness (QED) is 0.716. The molecule has 0 aromatic heterocycles. The zero-order valence-electron chi connectivity index (χ0n) is 10.7. The molecular weight excluding hydrogens is 222 g/mol. The van der Waals surface area contributed by atoms with Crippen molar-refractivity contribution in [3.8, 4) is 0 Å². The number of carbonyl (C=O) groups is 1. The standard InChI is InChI=1S/C12H23NO4/c1-3-12(11(15)16)4-6-13(7-5-12)8-10(14)9-17-2/h10,14H,3-9H2,1-2H3,(H,15,16). The van der Waals surface area contributed by atoms with E-state index in [1.54, 1.807) is 7.11 Å². The Kier molecular flexibility index (Phi) is 5.36. The van der Waals surface area contributed by atoms with E-state index in [-0.39, 0.29) is 0 Å². The summed E-state index contributed by atoms with van der Waals surface area (Å²) < 4.78 is 4.87. The lowest BCUT2D eigenvalue weighted by Crippen LogP contribution is -2.46. The number of aliphatic hydroxyl groups excluding tert-OH is 1. The molecule has 1 saturated heterocycles. The summed E-state index contributed by atoms with van der Waals surface area (Å²) in [5.41, 5.74) is -0.553. The first-order chi connectivity index (χ1) is 8.04. The van der Waals surface area contributed by atoms with Crippen LogP contribution in [0.1, 0.15) is 26.2 Å². The second kappa shape index (κ2) is 6.33. The number of aliphatic hydroxyl groups is 1. The van der Waals surface area contributed by atoms with Crippen LogP contribution in [0.15, 0.2) is 0 Å². The topological polar surface area (TPSA) is 70.0 Å². The number of hydrogen-bond acceptors (Lipinski definition) is 4. The zero-order valence-corrected chi connectivity index (χ0v) is 10.7. The molecule has 100 valence electrons. The van der Waals surface area contributed by atoms with Crippen LogP contribution in [0.25, 0.3) is 0 Å². The fourth-order valence-corrected chi connectivity index (χ4v) is 2.43. The minimum Gasteiger partial charge on any atom is -0.481 e. The van der Waals surface area contributed by atoms with Crippen molar-refractivity contribution < 1.29 is 19.7 Å². The average Bonchev–Trinajstić information content (AvgIpc) is 2.30. The van der Waals surface area contributed by atoms with Crippen molar-refractivity contribution in [2.24, 2.45) is 5.41 Å². The van der Waals surface area contributed by atoms with E-state index in [9.17, 15) is 15.0 Å². The van der Waals surface area contributed by atoms with E-state index in [2.05, 4.69) is 4.90 Å². The van der Waals surface area contributed by atoms with Crippen LogP contribution in [0.5, 0.6) is 0 Å². The molecule has 0 saturated carbocycles. The number of carboxylic acids is 1. The summed E-state index contributed by atoms with van der Waals surface area (Å²) in [6, 6.07) is 0. The minimum absolute atomic E-state index is 0.328. The molecule has 0 spiro atoms. The van der Waals surface area contributed by atoms with Gasteiger partial charge in [-0.25, -0.2) is 0 Å². The average molecular weight is 245 g/mol. The van der Waals surface area contributed by atoms with Crippen LogP contribution in [-0.2, 0) is 9.53 Å². The van der Waals surface area contributed by atoms with E-state index < -0.39 is 17.5 Å². The molecule has 5 nitrogen and oxygen atoms in total. The Balaban J connectivity index is 2.42. The van der Waals surface area contributed by atoms with Gasteiger partial charge in [-0.3, -0.25) is 4.79 Å². The summed E-state index contributed by atoms with van der Waals surface area (Å²) in [4.78, 5) is 13.4. The summed E-state index contributed by atoms with van der Waals surface area (Å²) in [7, 11) is 1.56. The maximum atomic E-state index is 11.3. The van der Waals surface area contributed by atoms with Gasteiger partial charge in [0.05, 0.1) is 18.1 Å². The van der Waals surface area contributed by atoms with Crippen LogP contribution in [0.3, 0.4) is 0 Å². The molecule has 1 atom stereocenters. The number of likely N-dealkylation sites (tertiary alicyclic amines) is 1. The molecule has 1 unspecified atom stereocenters. The molecule has 0 aromatic carbocycles. The number of nitrogens with zero attached hydrogens (tertiary/aromatic N) is 1. The molecule has 0 aromatic rings. The first kappa shape index (κ1) is 14.4. The van der Waals surface area contributed by atoms with E-state index in [0.717, 1.165) is 13.1 Å². The Bertz CT molecular complexity index is 249. The van der Waals surface area contributed by atoms with Crippen molar-refractivity contribution in [1.29, 1.82) is 0 Å². The van der Waals surface area contributed by atoms with E-state index >= 15 is 0 Å². The minimum atomic E-state index is -0.683. The molecule has 5 heteroatoms. The second-order valence-electron chi connectivity index (χ2n) is 4.85. The molecule has 1 fully saturated rings. The van der Waals surface area contributed by atoms with Gasteiger partial charge < -0.3 is 19.8 Å². The van der Waals surface area contributed by atoms with Gasteiger partial charge in [0.25, 0.3) is 0 Å². The van der Waals surface area contributed by atoms with Crippen molar-refractivity contribution in [1.82, 2.24) is 4.90 Å². The monoisotopic (exact) mass is 245 g/mol. The molecule has 1 heterocycles. The number of carboxylic acid groups (broad SMARTS) is 1. The molecule has 1 aliphatic heterocycles. The van der Waals surface area contributed by atoms with Crippen molar-refractivity contribution in [3.05, 3.63) is 0 Å².